The predicted molar refractivity (Wildman–Crippen MR) is 92.1 cm³/mol. The smallest absolute Gasteiger partial charge is 0.120 e. The summed E-state index contributed by atoms with van der Waals surface area (Å²) in [7, 11) is 0. The van der Waals surface area contributed by atoms with E-state index in [-0.39, 0.29) is 12.4 Å². The topological polar surface area (TPSA) is 12.5 Å². The molecule has 0 radical (unpaired) electrons. The van der Waals surface area contributed by atoms with Gasteiger partial charge in [-0.1, -0.05) is 52.3 Å². The van der Waals surface area contributed by atoms with Crippen LogP contribution in [0.5, 0.6) is 5.75 Å². The molecule has 1 fully saturated rings. The van der Waals surface area contributed by atoms with Crippen molar-refractivity contribution in [3.05, 3.63) is 64.6 Å². The van der Waals surface area contributed by atoms with Gasteiger partial charge >= 0.3 is 0 Å². The normalized spacial score (nSPS) is 18.2. The summed E-state index contributed by atoms with van der Waals surface area (Å²) in [5, 5.41) is 0. The van der Waals surface area contributed by atoms with Crippen LogP contribution < -0.4 is 4.74 Å². The Kier molecular flexibility index (Phi) is 6.09. The second-order valence-electron chi connectivity index (χ2n) is 5.21. The number of halogens is 2. The van der Waals surface area contributed by atoms with Crippen LogP contribution in [0.25, 0.3) is 0 Å². The summed E-state index contributed by atoms with van der Waals surface area (Å²) in [6.45, 7) is 3.12. The zero-order chi connectivity index (χ0) is 13.8. The molecule has 0 aliphatic carbocycles. The van der Waals surface area contributed by atoms with Gasteiger partial charge in [0.1, 0.15) is 11.9 Å². The van der Waals surface area contributed by atoms with Gasteiger partial charge in [-0.2, -0.15) is 0 Å². The molecule has 1 atom stereocenters. The first-order valence-electron chi connectivity index (χ1n) is 6.98. The Labute approximate surface area is 140 Å². The number of ether oxygens (including phenoxy) is 1. The van der Waals surface area contributed by atoms with E-state index >= 15 is 0 Å². The van der Waals surface area contributed by atoms with Crippen molar-refractivity contribution >= 4 is 28.3 Å². The summed E-state index contributed by atoms with van der Waals surface area (Å²) in [6.07, 6.45) is 1.40. The molecule has 0 saturated carbocycles. The number of rotatable bonds is 4. The zero-order valence-electron chi connectivity index (χ0n) is 11.7. The lowest BCUT2D eigenvalue weighted by Crippen LogP contribution is -2.24. The maximum atomic E-state index is 6.05. The molecule has 0 N–H and O–H groups in total. The van der Waals surface area contributed by atoms with E-state index in [2.05, 4.69) is 51.2 Å². The van der Waals surface area contributed by atoms with E-state index < -0.39 is 0 Å². The Hall–Kier alpha value is -1.03. The highest BCUT2D eigenvalue weighted by Gasteiger charge is 2.23. The molecule has 1 heterocycles. The number of nitrogens with zero attached hydrogens (tertiary/aromatic N) is 1. The second kappa shape index (κ2) is 7.83. The average Bonchev–Trinajstić information content (AvgIpc) is 2.87. The molecule has 21 heavy (non-hydrogen) atoms. The van der Waals surface area contributed by atoms with Gasteiger partial charge in [0.2, 0.25) is 0 Å². The van der Waals surface area contributed by atoms with Crippen LogP contribution in [0.1, 0.15) is 12.0 Å². The lowest BCUT2D eigenvalue weighted by atomic mass is 10.2. The Bertz CT molecular complexity index is 564. The van der Waals surface area contributed by atoms with E-state index in [9.17, 15) is 0 Å². The SMILES string of the molecule is Brc1cccc(OC2CCN(Cc3ccccc3)C2)c1.Cl. The molecule has 2 aromatic rings. The molecule has 1 unspecified atom stereocenters. The highest BCUT2D eigenvalue weighted by atomic mass is 79.9. The fourth-order valence-electron chi connectivity index (χ4n) is 2.61. The van der Waals surface area contributed by atoms with Gasteiger partial charge in [-0.3, -0.25) is 4.90 Å². The molecule has 0 aromatic heterocycles. The summed E-state index contributed by atoms with van der Waals surface area (Å²) in [5.41, 5.74) is 1.37. The molecule has 1 aliphatic heterocycles. The predicted octanol–water partition coefficient (Wildman–Crippen LogP) is 4.52. The number of likely N-dealkylation sites (tertiary alicyclic amines) is 1. The molecular formula is C17H19BrClNO. The molecule has 1 aliphatic rings. The van der Waals surface area contributed by atoms with Crippen LogP contribution in [-0.4, -0.2) is 24.1 Å². The molecule has 2 nitrogen and oxygen atoms in total. The highest BCUT2D eigenvalue weighted by molar-refractivity contribution is 9.10. The first-order valence-corrected chi connectivity index (χ1v) is 7.77. The Morgan fingerprint density at radius 3 is 2.67 bits per heavy atom. The van der Waals surface area contributed by atoms with Crippen LogP contribution in [0.2, 0.25) is 0 Å². The fraction of sp³-hybridized carbons (Fsp3) is 0.294. The van der Waals surface area contributed by atoms with Gasteiger partial charge in [-0.05, 0) is 30.2 Å². The van der Waals surface area contributed by atoms with Crippen molar-refractivity contribution in [2.45, 2.75) is 19.1 Å². The molecule has 0 spiro atoms. The lowest BCUT2D eigenvalue weighted by molar-refractivity contribution is 0.198. The second-order valence-corrected chi connectivity index (χ2v) is 6.12. The van der Waals surface area contributed by atoms with Gasteiger partial charge in [-0.15, -0.1) is 12.4 Å². The minimum Gasteiger partial charge on any atom is -0.489 e. The first kappa shape index (κ1) is 16.3. The van der Waals surface area contributed by atoms with Crippen LogP contribution in [0.15, 0.2) is 59.1 Å². The summed E-state index contributed by atoms with van der Waals surface area (Å²) >= 11 is 3.48. The largest absolute Gasteiger partial charge is 0.489 e. The fourth-order valence-corrected chi connectivity index (χ4v) is 2.99. The van der Waals surface area contributed by atoms with Gasteiger partial charge in [-0.25, -0.2) is 0 Å². The van der Waals surface area contributed by atoms with Crippen molar-refractivity contribution in [2.24, 2.45) is 0 Å². The van der Waals surface area contributed by atoms with E-state index in [4.69, 9.17) is 4.74 Å². The standard InChI is InChI=1S/C17H18BrNO.ClH/c18-15-7-4-8-16(11-15)20-17-9-10-19(13-17)12-14-5-2-1-3-6-14;/h1-8,11,17H,9-10,12-13H2;1H. The number of hydrogen-bond acceptors (Lipinski definition) is 2. The molecular weight excluding hydrogens is 350 g/mol. The third-order valence-electron chi connectivity index (χ3n) is 3.58. The maximum Gasteiger partial charge on any atom is 0.120 e. The van der Waals surface area contributed by atoms with Crippen molar-refractivity contribution in [1.29, 1.82) is 0 Å². The average molecular weight is 369 g/mol. The van der Waals surface area contributed by atoms with E-state index in [0.29, 0.717) is 6.10 Å². The summed E-state index contributed by atoms with van der Waals surface area (Å²) in [6, 6.07) is 18.7. The molecule has 4 heteroatoms. The monoisotopic (exact) mass is 367 g/mol. The lowest BCUT2D eigenvalue weighted by Gasteiger charge is -2.17. The van der Waals surface area contributed by atoms with Gasteiger partial charge in [0.05, 0.1) is 0 Å². The molecule has 1 saturated heterocycles. The van der Waals surface area contributed by atoms with Crippen molar-refractivity contribution in [3.8, 4) is 5.75 Å². The van der Waals surface area contributed by atoms with Crippen LogP contribution in [-0.2, 0) is 6.54 Å². The minimum absolute atomic E-state index is 0. The van der Waals surface area contributed by atoms with Crippen LogP contribution in [0, 0.1) is 0 Å². The van der Waals surface area contributed by atoms with E-state index in [1.807, 2.05) is 24.3 Å². The molecule has 3 rings (SSSR count). The third kappa shape index (κ3) is 4.73. The van der Waals surface area contributed by atoms with Crippen molar-refractivity contribution in [3.63, 3.8) is 0 Å². The summed E-state index contributed by atoms with van der Waals surface area (Å²) in [4.78, 5) is 2.46. The molecule has 112 valence electrons. The van der Waals surface area contributed by atoms with Crippen molar-refractivity contribution in [2.75, 3.05) is 13.1 Å². The van der Waals surface area contributed by atoms with E-state index in [0.717, 1.165) is 36.3 Å². The van der Waals surface area contributed by atoms with Gasteiger partial charge < -0.3 is 4.74 Å². The minimum atomic E-state index is 0. The Balaban J connectivity index is 0.00000161. The van der Waals surface area contributed by atoms with Crippen molar-refractivity contribution < 1.29 is 4.74 Å². The molecule has 2 aromatic carbocycles. The van der Waals surface area contributed by atoms with E-state index in [1.165, 1.54) is 5.56 Å². The Morgan fingerprint density at radius 1 is 1.10 bits per heavy atom. The van der Waals surface area contributed by atoms with Crippen LogP contribution in [0.3, 0.4) is 0 Å². The Morgan fingerprint density at radius 2 is 1.90 bits per heavy atom. The van der Waals surface area contributed by atoms with Gasteiger partial charge in [0.25, 0.3) is 0 Å². The van der Waals surface area contributed by atoms with E-state index in [1.54, 1.807) is 0 Å². The van der Waals surface area contributed by atoms with Gasteiger partial charge in [0, 0.05) is 24.1 Å². The summed E-state index contributed by atoms with van der Waals surface area (Å²) in [5.74, 6) is 0.950. The number of benzene rings is 2. The van der Waals surface area contributed by atoms with Crippen LogP contribution >= 0.6 is 28.3 Å². The highest BCUT2D eigenvalue weighted by Crippen LogP contribution is 2.22. The number of hydrogen-bond donors (Lipinski definition) is 0. The van der Waals surface area contributed by atoms with Gasteiger partial charge in [0.15, 0.2) is 0 Å². The molecule has 0 bridgehead atoms. The molecule has 0 amide bonds. The maximum absolute atomic E-state index is 6.05. The van der Waals surface area contributed by atoms with Crippen LogP contribution in [0.4, 0.5) is 0 Å². The summed E-state index contributed by atoms with van der Waals surface area (Å²) < 4.78 is 7.12. The first-order chi connectivity index (χ1) is 9.79. The quantitative estimate of drug-likeness (QED) is 0.786. The van der Waals surface area contributed by atoms with Crippen molar-refractivity contribution in [1.82, 2.24) is 4.90 Å². The zero-order valence-corrected chi connectivity index (χ0v) is 14.1. The third-order valence-corrected chi connectivity index (χ3v) is 4.07.